The van der Waals surface area contributed by atoms with Crippen molar-refractivity contribution in [3.63, 3.8) is 0 Å². The number of anilines is 1. The fourth-order valence-corrected chi connectivity index (χ4v) is 2.44. The van der Waals surface area contributed by atoms with Crippen LogP contribution in [0.4, 0.5) is 5.69 Å². The monoisotopic (exact) mass is 304 g/mol. The van der Waals surface area contributed by atoms with Gasteiger partial charge in [0.2, 0.25) is 0 Å². The number of nitrogens with one attached hydrogen (secondary N) is 2. The lowest BCUT2D eigenvalue weighted by Gasteiger charge is -2.11. The van der Waals surface area contributed by atoms with Gasteiger partial charge in [0.1, 0.15) is 0 Å². The van der Waals surface area contributed by atoms with Gasteiger partial charge < -0.3 is 0 Å². The lowest BCUT2D eigenvalue weighted by atomic mass is 10.1. The molecule has 2 aromatic carbocycles. The summed E-state index contributed by atoms with van der Waals surface area (Å²) < 4.78 is 23.1. The molecule has 0 aliphatic rings. The van der Waals surface area contributed by atoms with Crippen molar-refractivity contribution in [1.82, 2.24) is 5.43 Å². The number of carbonyl (C=O) groups is 1. The molecule has 0 fully saturated rings. The number of para-hydroxylation sites is 1. The van der Waals surface area contributed by atoms with Crippen LogP contribution in [0.1, 0.15) is 15.9 Å². The quantitative estimate of drug-likeness (QED) is 0.849. The third kappa shape index (κ3) is 3.82. The average Bonchev–Trinajstić information content (AvgIpc) is 2.45. The van der Waals surface area contributed by atoms with Gasteiger partial charge in [0.15, 0.2) is 9.84 Å². The molecular weight excluding hydrogens is 288 g/mol. The van der Waals surface area contributed by atoms with E-state index in [1.54, 1.807) is 25.1 Å². The van der Waals surface area contributed by atoms with Crippen LogP contribution in [0.2, 0.25) is 0 Å². The molecule has 6 heteroatoms. The molecule has 21 heavy (non-hydrogen) atoms. The van der Waals surface area contributed by atoms with Gasteiger partial charge in [0.25, 0.3) is 5.91 Å². The van der Waals surface area contributed by atoms with Crippen molar-refractivity contribution in [3.8, 4) is 0 Å². The summed E-state index contributed by atoms with van der Waals surface area (Å²) >= 11 is 0. The highest BCUT2D eigenvalue weighted by Gasteiger charge is 2.14. The number of sulfone groups is 1. The van der Waals surface area contributed by atoms with Crippen LogP contribution in [0.25, 0.3) is 0 Å². The molecule has 2 rings (SSSR count). The van der Waals surface area contributed by atoms with E-state index in [4.69, 9.17) is 0 Å². The Labute approximate surface area is 123 Å². The molecule has 0 radical (unpaired) electrons. The van der Waals surface area contributed by atoms with E-state index in [1.807, 2.05) is 18.2 Å². The van der Waals surface area contributed by atoms with E-state index < -0.39 is 9.84 Å². The van der Waals surface area contributed by atoms with Gasteiger partial charge >= 0.3 is 0 Å². The highest BCUT2D eigenvalue weighted by atomic mass is 32.2. The van der Waals surface area contributed by atoms with Gasteiger partial charge in [-0.1, -0.05) is 24.3 Å². The summed E-state index contributed by atoms with van der Waals surface area (Å²) in [6.45, 7) is 1.75. The predicted molar refractivity (Wildman–Crippen MR) is 81.8 cm³/mol. The maximum absolute atomic E-state index is 12.1. The molecule has 0 heterocycles. The third-order valence-electron chi connectivity index (χ3n) is 2.98. The normalized spacial score (nSPS) is 11.0. The Bertz CT molecular complexity index is 756. The topological polar surface area (TPSA) is 75.3 Å². The Hall–Kier alpha value is -2.34. The average molecular weight is 304 g/mol. The fraction of sp³-hybridized carbons (Fsp3) is 0.133. The summed E-state index contributed by atoms with van der Waals surface area (Å²) in [6, 6.07) is 13.6. The summed E-state index contributed by atoms with van der Waals surface area (Å²) in [7, 11) is -3.34. The number of hydrogen-bond acceptors (Lipinski definition) is 4. The van der Waals surface area contributed by atoms with Crippen LogP contribution in [-0.2, 0) is 9.84 Å². The summed E-state index contributed by atoms with van der Waals surface area (Å²) in [5, 5.41) is 0. The maximum atomic E-state index is 12.1. The fourth-order valence-electron chi connectivity index (χ4n) is 1.79. The second kappa shape index (κ2) is 5.97. The number of aryl methyl sites for hydroxylation is 1. The van der Waals surface area contributed by atoms with Crippen molar-refractivity contribution < 1.29 is 13.2 Å². The maximum Gasteiger partial charge on any atom is 0.269 e. The van der Waals surface area contributed by atoms with Crippen LogP contribution in [0.5, 0.6) is 0 Å². The van der Waals surface area contributed by atoms with Gasteiger partial charge in [0.05, 0.1) is 10.6 Å². The molecular formula is C15H16N2O3S. The Morgan fingerprint density at radius 2 is 1.71 bits per heavy atom. The molecule has 2 N–H and O–H groups in total. The molecule has 0 saturated carbocycles. The molecule has 1 amide bonds. The lowest BCUT2D eigenvalue weighted by molar-refractivity contribution is 0.0962. The van der Waals surface area contributed by atoms with Crippen LogP contribution in [0.15, 0.2) is 53.4 Å². The first kappa shape index (κ1) is 15.1. The molecule has 110 valence electrons. The van der Waals surface area contributed by atoms with Crippen molar-refractivity contribution in [3.05, 3.63) is 59.7 Å². The Balaban J connectivity index is 2.19. The third-order valence-corrected chi connectivity index (χ3v) is 4.09. The van der Waals surface area contributed by atoms with Gasteiger partial charge in [-0.3, -0.25) is 15.6 Å². The number of carbonyl (C=O) groups excluding carboxylic acids is 1. The summed E-state index contributed by atoms with van der Waals surface area (Å²) in [5.74, 6) is -0.387. The molecule has 0 aliphatic carbocycles. The van der Waals surface area contributed by atoms with E-state index in [-0.39, 0.29) is 10.8 Å². The largest absolute Gasteiger partial charge is 0.298 e. The molecule has 0 bridgehead atoms. The molecule has 0 unspecified atom stereocenters. The Kier molecular flexibility index (Phi) is 4.28. The number of benzene rings is 2. The van der Waals surface area contributed by atoms with Crippen LogP contribution >= 0.6 is 0 Å². The minimum Gasteiger partial charge on any atom is -0.298 e. The lowest BCUT2D eigenvalue weighted by Crippen LogP contribution is -2.30. The van der Waals surface area contributed by atoms with Crippen molar-refractivity contribution in [2.75, 3.05) is 11.7 Å². The van der Waals surface area contributed by atoms with Crippen molar-refractivity contribution in [2.45, 2.75) is 11.8 Å². The highest BCUT2D eigenvalue weighted by Crippen LogP contribution is 2.15. The summed E-state index contributed by atoms with van der Waals surface area (Å²) in [4.78, 5) is 12.3. The zero-order valence-electron chi connectivity index (χ0n) is 11.8. The van der Waals surface area contributed by atoms with E-state index in [2.05, 4.69) is 10.9 Å². The SMILES string of the molecule is Cc1ccc(S(C)(=O)=O)cc1C(=O)NNc1ccccc1. The zero-order valence-corrected chi connectivity index (χ0v) is 12.6. The smallest absolute Gasteiger partial charge is 0.269 e. The first-order valence-electron chi connectivity index (χ1n) is 6.30. The molecule has 0 atom stereocenters. The highest BCUT2D eigenvalue weighted by molar-refractivity contribution is 7.90. The van der Waals surface area contributed by atoms with Gasteiger partial charge in [-0.05, 0) is 36.8 Å². The Morgan fingerprint density at radius 3 is 2.33 bits per heavy atom. The second-order valence-corrected chi connectivity index (χ2v) is 6.71. The predicted octanol–water partition coefficient (Wildman–Crippen LogP) is 2.16. The van der Waals surface area contributed by atoms with Crippen molar-refractivity contribution >= 4 is 21.4 Å². The zero-order chi connectivity index (χ0) is 15.5. The minimum atomic E-state index is -3.34. The Morgan fingerprint density at radius 1 is 1.05 bits per heavy atom. The summed E-state index contributed by atoms with van der Waals surface area (Å²) in [5.41, 5.74) is 7.09. The van der Waals surface area contributed by atoms with E-state index >= 15 is 0 Å². The van der Waals surface area contributed by atoms with E-state index in [1.165, 1.54) is 12.1 Å². The number of hydrazine groups is 1. The van der Waals surface area contributed by atoms with E-state index in [0.29, 0.717) is 11.1 Å². The number of hydrogen-bond donors (Lipinski definition) is 2. The van der Waals surface area contributed by atoms with Gasteiger partial charge in [-0.15, -0.1) is 0 Å². The second-order valence-electron chi connectivity index (χ2n) is 4.69. The van der Waals surface area contributed by atoms with Gasteiger partial charge in [-0.2, -0.15) is 0 Å². The van der Waals surface area contributed by atoms with E-state index in [9.17, 15) is 13.2 Å². The van der Waals surface area contributed by atoms with Crippen LogP contribution < -0.4 is 10.9 Å². The molecule has 2 aromatic rings. The molecule has 0 aromatic heterocycles. The van der Waals surface area contributed by atoms with Crippen molar-refractivity contribution in [2.24, 2.45) is 0 Å². The first-order chi connectivity index (χ1) is 9.88. The standard InChI is InChI=1S/C15H16N2O3S/c1-11-8-9-13(21(2,19)20)10-14(11)15(18)17-16-12-6-4-3-5-7-12/h3-10,16H,1-2H3,(H,17,18). The van der Waals surface area contributed by atoms with Crippen LogP contribution in [-0.4, -0.2) is 20.6 Å². The van der Waals surface area contributed by atoms with Gasteiger partial charge in [-0.25, -0.2) is 8.42 Å². The molecule has 0 spiro atoms. The van der Waals surface area contributed by atoms with E-state index in [0.717, 1.165) is 11.9 Å². The van der Waals surface area contributed by atoms with Crippen molar-refractivity contribution in [1.29, 1.82) is 0 Å². The molecule has 0 aliphatic heterocycles. The molecule has 5 nitrogen and oxygen atoms in total. The van der Waals surface area contributed by atoms with Crippen LogP contribution in [0.3, 0.4) is 0 Å². The minimum absolute atomic E-state index is 0.123. The van der Waals surface area contributed by atoms with Gasteiger partial charge in [0, 0.05) is 11.8 Å². The summed E-state index contributed by atoms with van der Waals surface area (Å²) in [6.07, 6.45) is 1.11. The molecule has 0 saturated heterocycles. The number of rotatable bonds is 4. The first-order valence-corrected chi connectivity index (χ1v) is 8.19. The number of amides is 1. The van der Waals surface area contributed by atoms with Crippen LogP contribution in [0, 0.1) is 6.92 Å².